The van der Waals surface area contributed by atoms with Crippen LogP contribution in [-0.4, -0.2) is 53.1 Å². The summed E-state index contributed by atoms with van der Waals surface area (Å²) in [4.78, 5) is 2.30. The molecule has 0 aliphatic carbocycles. The highest BCUT2D eigenvalue weighted by molar-refractivity contribution is 7.99. The van der Waals surface area contributed by atoms with Crippen molar-refractivity contribution in [1.82, 2.24) is 14.8 Å². The summed E-state index contributed by atoms with van der Waals surface area (Å²) in [5, 5.41) is 10.6. The van der Waals surface area contributed by atoms with Crippen LogP contribution in [0.3, 0.4) is 0 Å². The van der Waals surface area contributed by atoms with E-state index in [1.54, 1.807) is 11.8 Å². The average molecular weight is 423 g/mol. The molecule has 0 N–H and O–H groups in total. The van der Waals surface area contributed by atoms with E-state index >= 15 is 0 Å². The zero-order valence-electron chi connectivity index (χ0n) is 16.1. The summed E-state index contributed by atoms with van der Waals surface area (Å²) in [6.45, 7) is 3.56. The lowest BCUT2D eigenvalue weighted by Gasteiger charge is -2.22. The lowest BCUT2D eigenvalue weighted by atomic mass is 10.2. The normalized spacial score (nSPS) is 20.0. The molecular weight excluding hydrogens is 396 g/mol. The Balaban J connectivity index is 1.41. The number of nitrogens with zero attached hydrogens (tertiary/aromatic N) is 4. The van der Waals surface area contributed by atoms with Gasteiger partial charge in [-0.1, -0.05) is 35.5 Å². The van der Waals surface area contributed by atoms with Gasteiger partial charge in [0.1, 0.15) is 0 Å². The minimum atomic E-state index is -0.0210. The summed E-state index contributed by atoms with van der Waals surface area (Å²) in [6, 6.07) is 7.89. The van der Waals surface area contributed by atoms with Gasteiger partial charge in [-0.3, -0.25) is 4.57 Å². The SMILES string of the molecule is Clc1ccccc1-n1c(SCCCOC2CCCCO2)nnc1N1CCCC1. The minimum Gasteiger partial charge on any atom is -0.353 e. The highest BCUT2D eigenvalue weighted by Crippen LogP contribution is 2.32. The predicted molar refractivity (Wildman–Crippen MR) is 113 cm³/mol. The van der Waals surface area contributed by atoms with E-state index < -0.39 is 0 Å². The number of hydrogen-bond acceptors (Lipinski definition) is 6. The van der Waals surface area contributed by atoms with Gasteiger partial charge in [-0.15, -0.1) is 10.2 Å². The van der Waals surface area contributed by atoms with Crippen molar-refractivity contribution in [2.45, 2.75) is 50.0 Å². The van der Waals surface area contributed by atoms with Crippen molar-refractivity contribution in [2.24, 2.45) is 0 Å². The third kappa shape index (κ3) is 4.82. The number of hydrogen-bond donors (Lipinski definition) is 0. The van der Waals surface area contributed by atoms with Crippen LogP contribution in [-0.2, 0) is 9.47 Å². The van der Waals surface area contributed by atoms with E-state index in [1.807, 2.05) is 24.3 Å². The third-order valence-corrected chi connectivity index (χ3v) is 6.39. The first-order valence-electron chi connectivity index (χ1n) is 10.1. The molecule has 2 aliphatic heterocycles. The van der Waals surface area contributed by atoms with Gasteiger partial charge in [0.2, 0.25) is 5.95 Å². The highest BCUT2D eigenvalue weighted by Gasteiger charge is 2.23. The van der Waals surface area contributed by atoms with Gasteiger partial charge in [-0.05, 0) is 50.7 Å². The lowest BCUT2D eigenvalue weighted by molar-refractivity contribution is -0.162. The van der Waals surface area contributed by atoms with Crippen LogP contribution in [0.1, 0.15) is 38.5 Å². The number of para-hydroxylation sites is 1. The molecule has 28 heavy (non-hydrogen) atoms. The number of thioether (sulfide) groups is 1. The van der Waals surface area contributed by atoms with Gasteiger partial charge >= 0.3 is 0 Å². The maximum absolute atomic E-state index is 6.50. The number of rotatable bonds is 8. The number of halogens is 1. The number of aromatic nitrogens is 3. The van der Waals surface area contributed by atoms with Gasteiger partial charge < -0.3 is 14.4 Å². The molecule has 1 unspecified atom stereocenters. The molecule has 3 heterocycles. The second kappa shape index (κ2) is 9.96. The Morgan fingerprint density at radius 3 is 2.79 bits per heavy atom. The van der Waals surface area contributed by atoms with Gasteiger partial charge in [-0.2, -0.15) is 0 Å². The molecule has 4 rings (SSSR count). The molecule has 0 bridgehead atoms. The van der Waals surface area contributed by atoms with E-state index in [0.717, 1.165) is 61.5 Å². The van der Waals surface area contributed by atoms with Gasteiger partial charge in [-0.25, -0.2) is 0 Å². The smallest absolute Gasteiger partial charge is 0.232 e. The van der Waals surface area contributed by atoms with Crippen LogP contribution in [0.5, 0.6) is 0 Å². The van der Waals surface area contributed by atoms with Crippen molar-refractivity contribution in [3.63, 3.8) is 0 Å². The minimum absolute atomic E-state index is 0.0210. The molecule has 1 aromatic carbocycles. The van der Waals surface area contributed by atoms with Crippen LogP contribution in [0.4, 0.5) is 5.95 Å². The average Bonchev–Trinajstić information content (AvgIpc) is 3.39. The van der Waals surface area contributed by atoms with Crippen LogP contribution in [0.2, 0.25) is 5.02 Å². The zero-order valence-corrected chi connectivity index (χ0v) is 17.6. The first kappa shape index (κ1) is 20.0. The third-order valence-electron chi connectivity index (χ3n) is 5.06. The quantitative estimate of drug-likeness (QED) is 0.459. The molecule has 1 atom stereocenters. The summed E-state index contributed by atoms with van der Waals surface area (Å²) in [5.41, 5.74) is 0.936. The molecule has 2 aliphatic rings. The maximum atomic E-state index is 6.50. The molecule has 1 aromatic heterocycles. The Hall–Kier alpha value is -1.28. The van der Waals surface area contributed by atoms with Crippen LogP contribution >= 0.6 is 23.4 Å². The second-order valence-electron chi connectivity index (χ2n) is 7.13. The van der Waals surface area contributed by atoms with E-state index in [9.17, 15) is 0 Å². The van der Waals surface area contributed by atoms with E-state index in [-0.39, 0.29) is 6.29 Å². The van der Waals surface area contributed by atoms with E-state index in [2.05, 4.69) is 19.7 Å². The van der Waals surface area contributed by atoms with E-state index in [0.29, 0.717) is 11.6 Å². The summed E-state index contributed by atoms with van der Waals surface area (Å²) >= 11 is 8.20. The van der Waals surface area contributed by atoms with Crippen molar-refractivity contribution in [3.05, 3.63) is 29.3 Å². The molecule has 2 aromatic rings. The van der Waals surface area contributed by atoms with Gasteiger partial charge in [0, 0.05) is 25.4 Å². The Kier molecular flexibility index (Phi) is 7.12. The largest absolute Gasteiger partial charge is 0.353 e. The summed E-state index contributed by atoms with van der Waals surface area (Å²) in [5.74, 6) is 1.80. The Labute approximate surface area is 175 Å². The van der Waals surface area contributed by atoms with E-state index in [1.165, 1.54) is 19.3 Å². The molecule has 8 heteroatoms. The highest BCUT2D eigenvalue weighted by atomic mass is 35.5. The summed E-state index contributed by atoms with van der Waals surface area (Å²) in [6.07, 6.45) is 6.65. The molecular formula is C20H27ClN4O2S. The van der Waals surface area contributed by atoms with Gasteiger partial charge in [0.05, 0.1) is 17.3 Å². The number of ether oxygens (including phenoxy) is 2. The maximum Gasteiger partial charge on any atom is 0.232 e. The molecule has 2 fully saturated rings. The zero-order chi connectivity index (χ0) is 19.2. The fraction of sp³-hybridized carbons (Fsp3) is 0.600. The first-order valence-corrected chi connectivity index (χ1v) is 11.5. The van der Waals surface area contributed by atoms with Crippen molar-refractivity contribution in [3.8, 4) is 5.69 Å². The van der Waals surface area contributed by atoms with Crippen LogP contribution in [0, 0.1) is 0 Å². The van der Waals surface area contributed by atoms with Crippen LogP contribution in [0.25, 0.3) is 5.69 Å². The molecule has 152 valence electrons. The lowest BCUT2D eigenvalue weighted by Crippen LogP contribution is -2.22. The predicted octanol–water partition coefficient (Wildman–Crippen LogP) is 4.55. The molecule has 2 saturated heterocycles. The summed E-state index contributed by atoms with van der Waals surface area (Å²) in [7, 11) is 0. The Morgan fingerprint density at radius 2 is 2.00 bits per heavy atom. The number of anilines is 1. The molecule has 0 amide bonds. The molecule has 6 nitrogen and oxygen atoms in total. The Morgan fingerprint density at radius 1 is 1.14 bits per heavy atom. The fourth-order valence-electron chi connectivity index (χ4n) is 3.60. The molecule has 0 radical (unpaired) electrons. The van der Waals surface area contributed by atoms with Crippen molar-refractivity contribution in [1.29, 1.82) is 0 Å². The van der Waals surface area contributed by atoms with Crippen molar-refractivity contribution >= 4 is 29.3 Å². The van der Waals surface area contributed by atoms with Crippen LogP contribution in [0.15, 0.2) is 29.4 Å². The Bertz CT molecular complexity index is 760. The van der Waals surface area contributed by atoms with Gasteiger partial charge in [0.15, 0.2) is 11.4 Å². The van der Waals surface area contributed by atoms with Crippen molar-refractivity contribution in [2.75, 3.05) is 37.0 Å². The van der Waals surface area contributed by atoms with Gasteiger partial charge in [0.25, 0.3) is 0 Å². The van der Waals surface area contributed by atoms with Crippen molar-refractivity contribution < 1.29 is 9.47 Å². The topological polar surface area (TPSA) is 52.4 Å². The number of benzene rings is 1. The molecule has 0 spiro atoms. The van der Waals surface area contributed by atoms with Crippen LogP contribution < -0.4 is 4.90 Å². The van der Waals surface area contributed by atoms with E-state index in [4.69, 9.17) is 21.1 Å². The molecule has 0 saturated carbocycles. The monoisotopic (exact) mass is 422 g/mol. The summed E-state index contributed by atoms with van der Waals surface area (Å²) < 4.78 is 13.6. The second-order valence-corrected chi connectivity index (χ2v) is 8.60. The standard InChI is InChI=1S/C20H27ClN4O2S/c21-16-8-1-2-9-17(16)25-19(24-11-4-5-12-24)22-23-20(25)28-15-7-14-27-18-10-3-6-13-26-18/h1-2,8-9,18H,3-7,10-15H2. The fourth-order valence-corrected chi connectivity index (χ4v) is 4.67. The first-order chi connectivity index (χ1) is 13.8.